The molecule has 4 nitrogen and oxygen atoms in total. The Bertz CT molecular complexity index is 637. The van der Waals surface area contributed by atoms with Gasteiger partial charge in [0.1, 0.15) is 0 Å². The molecule has 0 aliphatic rings. The highest BCUT2D eigenvalue weighted by atomic mass is 16.1. The first kappa shape index (κ1) is 13.9. The van der Waals surface area contributed by atoms with E-state index in [2.05, 4.69) is 24.4 Å². The second-order valence-corrected chi connectivity index (χ2v) is 4.86. The summed E-state index contributed by atoms with van der Waals surface area (Å²) in [6.07, 6.45) is 0. The standard InChI is InChI=1S/C16H19N3O/c1-10-6-3-4-7-12(10)11(2)19-15-13(16(18)20)8-5-9-14(15)17/h3-9,11,19H,17H2,1-2H3,(H2,18,20). The lowest BCUT2D eigenvalue weighted by Gasteiger charge is -2.20. The molecule has 4 heteroatoms. The molecule has 2 aromatic rings. The highest BCUT2D eigenvalue weighted by molar-refractivity contribution is 6.01. The number of nitrogens with two attached hydrogens (primary N) is 2. The number of carbonyl (C=O) groups excluding carboxylic acids is 1. The second-order valence-electron chi connectivity index (χ2n) is 4.86. The van der Waals surface area contributed by atoms with Crippen molar-refractivity contribution < 1.29 is 4.79 Å². The Kier molecular flexibility index (Phi) is 3.94. The van der Waals surface area contributed by atoms with Gasteiger partial charge in [-0.1, -0.05) is 30.3 Å². The van der Waals surface area contributed by atoms with Crippen LogP contribution in [0.5, 0.6) is 0 Å². The van der Waals surface area contributed by atoms with Crippen LogP contribution in [0.2, 0.25) is 0 Å². The molecule has 1 atom stereocenters. The summed E-state index contributed by atoms with van der Waals surface area (Å²) in [5.41, 5.74) is 15.2. The van der Waals surface area contributed by atoms with Gasteiger partial charge in [-0.2, -0.15) is 0 Å². The fourth-order valence-electron chi connectivity index (χ4n) is 2.30. The summed E-state index contributed by atoms with van der Waals surface area (Å²) in [5, 5.41) is 3.29. The van der Waals surface area contributed by atoms with E-state index in [4.69, 9.17) is 11.5 Å². The van der Waals surface area contributed by atoms with E-state index in [0.29, 0.717) is 16.9 Å². The van der Waals surface area contributed by atoms with Gasteiger partial charge in [-0.3, -0.25) is 4.79 Å². The number of benzene rings is 2. The monoisotopic (exact) mass is 269 g/mol. The number of carbonyl (C=O) groups is 1. The third-order valence-corrected chi connectivity index (χ3v) is 3.38. The normalized spacial score (nSPS) is 11.9. The van der Waals surface area contributed by atoms with Gasteiger partial charge in [0.2, 0.25) is 0 Å². The zero-order chi connectivity index (χ0) is 14.7. The average Bonchev–Trinajstić information content (AvgIpc) is 2.41. The molecule has 0 aliphatic carbocycles. The molecule has 0 saturated heterocycles. The minimum atomic E-state index is -0.489. The van der Waals surface area contributed by atoms with Gasteiger partial charge in [0.15, 0.2) is 0 Å². The molecule has 1 unspecified atom stereocenters. The largest absolute Gasteiger partial charge is 0.397 e. The SMILES string of the molecule is Cc1ccccc1C(C)Nc1c(N)cccc1C(N)=O. The van der Waals surface area contributed by atoms with Gasteiger partial charge in [0.05, 0.1) is 16.9 Å². The van der Waals surface area contributed by atoms with Crippen molar-refractivity contribution in [1.82, 2.24) is 0 Å². The van der Waals surface area contributed by atoms with E-state index in [1.54, 1.807) is 18.2 Å². The van der Waals surface area contributed by atoms with Crippen LogP contribution in [-0.2, 0) is 0 Å². The van der Waals surface area contributed by atoms with Gasteiger partial charge in [0, 0.05) is 6.04 Å². The number of aryl methyl sites for hydroxylation is 1. The summed E-state index contributed by atoms with van der Waals surface area (Å²) in [6, 6.07) is 13.3. The maximum atomic E-state index is 11.5. The maximum absolute atomic E-state index is 11.5. The molecule has 0 radical (unpaired) electrons. The molecule has 0 fully saturated rings. The fraction of sp³-hybridized carbons (Fsp3) is 0.188. The third kappa shape index (κ3) is 2.74. The predicted octanol–water partition coefficient (Wildman–Crippen LogP) is 2.85. The summed E-state index contributed by atoms with van der Waals surface area (Å²) in [5.74, 6) is -0.489. The Balaban J connectivity index is 2.35. The molecule has 0 spiro atoms. The van der Waals surface area contributed by atoms with Crippen LogP contribution in [0.3, 0.4) is 0 Å². The molecule has 0 saturated carbocycles. The zero-order valence-corrected chi connectivity index (χ0v) is 11.7. The van der Waals surface area contributed by atoms with Crippen LogP contribution in [-0.4, -0.2) is 5.91 Å². The molecule has 0 bridgehead atoms. The summed E-state index contributed by atoms with van der Waals surface area (Å²) in [6.45, 7) is 4.08. The van der Waals surface area contributed by atoms with Gasteiger partial charge in [-0.05, 0) is 37.1 Å². The van der Waals surface area contributed by atoms with Gasteiger partial charge in [0.25, 0.3) is 5.91 Å². The van der Waals surface area contributed by atoms with E-state index in [9.17, 15) is 4.79 Å². The van der Waals surface area contributed by atoms with Crippen molar-refractivity contribution in [3.8, 4) is 0 Å². The first-order valence-corrected chi connectivity index (χ1v) is 6.51. The summed E-state index contributed by atoms with van der Waals surface area (Å²) >= 11 is 0. The van der Waals surface area contributed by atoms with E-state index in [1.165, 1.54) is 5.56 Å². The first-order chi connectivity index (χ1) is 9.50. The number of anilines is 2. The summed E-state index contributed by atoms with van der Waals surface area (Å²) in [4.78, 5) is 11.5. The Morgan fingerprint density at radius 1 is 1.15 bits per heavy atom. The number of rotatable bonds is 4. The van der Waals surface area contributed by atoms with Crippen LogP contribution in [0.4, 0.5) is 11.4 Å². The van der Waals surface area contributed by atoms with Crippen LogP contribution in [0.25, 0.3) is 0 Å². The second kappa shape index (κ2) is 5.65. The number of primary amides is 1. The first-order valence-electron chi connectivity index (χ1n) is 6.51. The Morgan fingerprint density at radius 2 is 1.85 bits per heavy atom. The van der Waals surface area contributed by atoms with Crippen LogP contribution in [0.1, 0.15) is 34.5 Å². The lowest BCUT2D eigenvalue weighted by atomic mass is 10.0. The van der Waals surface area contributed by atoms with Gasteiger partial charge >= 0.3 is 0 Å². The van der Waals surface area contributed by atoms with E-state index in [1.807, 2.05) is 19.1 Å². The quantitative estimate of drug-likeness (QED) is 0.746. The topological polar surface area (TPSA) is 81.1 Å². The van der Waals surface area contributed by atoms with Crippen molar-refractivity contribution in [3.05, 3.63) is 59.2 Å². The van der Waals surface area contributed by atoms with Crippen molar-refractivity contribution >= 4 is 17.3 Å². The van der Waals surface area contributed by atoms with Crippen LogP contribution in [0, 0.1) is 6.92 Å². The lowest BCUT2D eigenvalue weighted by Crippen LogP contribution is -2.17. The molecule has 0 aliphatic heterocycles. The van der Waals surface area contributed by atoms with Crippen molar-refractivity contribution in [2.75, 3.05) is 11.1 Å². The molecule has 104 valence electrons. The van der Waals surface area contributed by atoms with Crippen molar-refractivity contribution in [3.63, 3.8) is 0 Å². The minimum absolute atomic E-state index is 0.0269. The van der Waals surface area contributed by atoms with Gasteiger partial charge < -0.3 is 16.8 Å². The maximum Gasteiger partial charge on any atom is 0.250 e. The van der Waals surface area contributed by atoms with Crippen LogP contribution >= 0.6 is 0 Å². The van der Waals surface area contributed by atoms with Crippen molar-refractivity contribution in [1.29, 1.82) is 0 Å². The molecular weight excluding hydrogens is 250 g/mol. The van der Waals surface area contributed by atoms with Crippen molar-refractivity contribution in [2.24, 2.45) is 5.73 Å². The molecule has 2 aromatic carbocycles. The molecule has 0 heterocycles. The van der Waals surface area contributed by atoms with Gasteiger partial charge in [-0.15, -0.1) is 0 Å². The van der Waals surface area contributed by atoms with Crippen LogP contribution in [0.15, 0.2) is 42.5 Å². The third-order valence-electron chi connectivity index (χ3n) is 3.38. The highest BCUT2D eigenvalue weighted by Crippen LogP contribution is 2.28. The molecule has 20 heavy (non-hydrogen) atoms. The summed E-state index contributed by atoms with van der Waals surface area (Å²) in [7, 11) is 0. The zero-order valence-electron chi connectivity index (χ0n) is 11.7. The number of hydrogen-bond acceptors (Lipinski definition) is 3. The molecule has 5 N–H and O–H groups in total. The number of nitrogen functional groups attached to an aromatic ring is 1. The Labute approximate surface area is 118 Å². The molecule has 2 rings (SSSR count). The molecule has 1 amide bonds. The smallest absolute Gasteiger partial charge is 0.250 e. The number of amides is 1. The average molecular weight is 269 g/mol. The predicted molar refractivity (Wildman–Crippen MR) is 82.6 cm³/mol. The minimum Gasteiger partial charge on any atom is -0.397 e. The number of nitrogens with one attached hydrogen (secondary N) is 1. The Morgan fingerprint density at radius 3 is 2.50 bits per heavy atom. The van der Waals surface area contributed by atoms with E-state index < -0.39 is 5.91 Å². The highest BCUT2D eigenvalue weighted by Gasteiger charge is 2.15. The fourth-order valence-corrected chi connectivity index (χ4v) is 2.30. The molecule has 0 aromatic heterocycles. The van der Waals surface area contributed by atoms with E-state index >= 15 is 0 Å². The number of para-hydroxylation sites is 1. The van der Waals surface area contributed by atoms with E-state index in [-0.39, 0.29) is 6.04 Å². The summed E-state index contributed by atoms with van der Waals surface area (Å²) < 4.78 is 0. The lowest BCUT2D eigenvalue weighted by molar-refractivity contribution is 0.100. The van der Waals surface area contributed by atoms with Crippen molar-refractivity contribution in [2.45, 2.75) is 19.9 Å². The molecular formula is C16H19N3O. The Hall–Kier alpha value is -2.49. The van der Waals surface area contributed by atoms with E-state index in [0.717, 1.165) is 5.56 Å². The number of hydrogen-bond donors (Lipinski definition) is 3. The van der Waals surface area contributed by atoms with Gasteiger partial charge in [-0.25, -0.2) is 0 Å². The van der Waals surface area contributed by atoms with Crippen LogP contribution < -0.4 is 16.8 Å².